The summed E-state index contributed by atoms with van der Waals surface area (Å²) in [6.45, 7) is 1.90. The quantitative estimate of drug-likeness (QED) is 0.634. The smallest absolute Gasteiger partial charge is 0.211 e. The Morgan fingerprint density at radius 3 is 2.53 bits per heavy atom. The molecule has 0 aliphatic heterocycles. The van der Waals surface area contributed by atoms with E-state index in [2.05, 4.69) is 15.6 Å². The Bertz CT molecular complexity index is 1280. The number of hydrogen-bond donors (Lipinski definition) is 2. The molecule has 2 heterocycles. The molecule has 1 aliphatic carbocycles. The first kappa shape index (κ1) is 20.7. The van der Waals surface area contributed by atoms with Crippen molar-refractivity contribution in [3.05, 3.63) is 46.9 Å². The van der Waals surface area contributed by atoms with E-state index in [1.54, 1.807) is 6.20 Å². The summed E-state index contributed by atoms with van der Waals surface area (Å²) in [6, 6.07) is 6.23. The first-order chi connectivity index (χ1) is 14.2. The molecule has 0 radical (unpaired) electrons. The Morgan fingerprint density at radius 2 is 1.90 bits per heavy atom. The number of hydrogen-bond acceptors (Lipinski definition) is 5. The maximum absolute atomic E-state index is 11.7. The first-order valence-corrected chi connectivity index (χ1v) is 11.7. The predicted molar refractivity (Wildman–Crippen MR) is 118 cm³/mol. The molecule has 0 spiro atoms. The van der Waals surface area contributed by atoms with E-state index in [1.807, 2.05) is 25.3 Å². The molecule has 156 valence electrons. The van der Waals surface area contributed by atoms with E-state index in [0.29, 0.717) is 47.5 Å². The second kappa shape index (κ2) is 7.58. The van der Waals surface area contributed by atoms with Crippen LogP contribution in [0.5, 0.6) is 0 Å². The zero-order chi connectivity index (χ0) is 21.6. The molecule has 4 N–H and O–H groups in total. The summed E-state index contributed by atoms with van der Waals surface area (Å²) in [5.41, 5.74) is 10.3. The number of nitrogens with zero attached hydrogens (tertiary/aromatic N) is 3. The van der Waals surface area contributed by atoms with Crippen molar-refractivity contribution in [2.24, 2.45) is 5.14 Å². The van der Waals surface area contributed by atoms with Gasteiger partial charge >= 0.3 is 0 Å². The average molecular weight is 444 g/mol. The Balaban J connectivity index is 1.86. The molecule has 1 saturated carbocycles. The Hall–Kier alpha value is -2.60. The van der Waals surface area contributed by atoms with Crippen molar-refractivity contribution in [3.8, 4) is 17.2 Å². The number of fused-ring (bicyclic) bond motifs is 1. The van der Waals surface area contributed by atoms with Gasteiger partial charge in [0.05, 0.1) is 33.8 Å². The van der Waals surface area contributed by atoms with Gasteiger partial charge in [0.1, 0.15) is 0 Å². The number of primary sulfonamides is 1. The highest BCUT2D eigenvalue weighted by Crippen LogP contribution is 2.41. The minimum atomic E-state index is -3.52. The molecule has 0 unspecified atom stereocenters. The van der Waals surface area contributed by atoms with Gasteiger partial charge in [-0.05, 0) is 50.3 Å². The molecule has 9 heteroatoms. The topological polar surface area (TPSA) is 128 Å². The minimum Gasteiger partial charge on any atom is -0.396 e. The fraction of sp³-hybridized carbons (Fsp3) is 0.333. The zero-order valence-corrected chi connectivity index (χ0v) is 18.0. The number of halogens is 1. The molecule has 30 heavy (non-hydrogen) atoms. The van der Waals surface area contributed by atoms with E-state index in [1.165, 1.54) is 6.20 Å². The number of anilines is 1. The number of sulfonamides is 1. The Kier molecular flexibility index (Phi) is 5.22. The van der Waals surface area contributed by atoms with Crippen molar-refractivity contribution in [2.45, 2.75) is 43.9 Å². The van der Waals surface area contributed by atoms with Gasteiger partial charge in [-0.3, -0.25) is 4.98 Å². The molecule has 0 saturated heterocycles. The van der Waals surface area contributed by atoms with Crippen LogP contribution in [0, 0.1) is 18.3 Å². The van der Waals surface area contributed by atoms with Crippen LogP contribution in [0.3, 0.4) is 0 Å². The number of nitrogen functional groups attached to an aromatic ring is 1. The van der Waals surface area contributed by atoms with Crippen molar-refractivity contribution in [3.63, 3.8) is 0 Å². The second-order valence-corrected chi connectivity index (χ2v) is 10.1. The number of nitriles is 1. The maximum Gasteiger partial charge on any atom is 0.211 e. The van der Waals surface area contributed by atoms with Crippen LogP contribution in [0.4, 0.5) is 5.69 Å². The van der Waals surface area contributed by atoms with Crippen LogP contribution >= 0.6 is 11.6 Å². The average Bonchev–Trinajstić information content (AvgIpc) is 3.07. The number of pyridine rings is 1. The van der Waals surface area contributed by atoms with E-state index in [-0.39, 0.29) is 6.04 Å². The Labute approximate surface area is 180 Å². The highest BCUT2D eigenvalue weighted by molar-refractivity contribution is 7.89. The predicted octanol–water partition coefficient (Wildman–Crippen LogP) is 3.89. The third-order valence-corrected chi connectivity index (χ3v) is 7.82. The third kappa shape index (κ3) is 3.54. The highest BCUT2D eigenvalue weighted by Gasteiger charge is 2.30. The maximum atomic E-state index is 11.7. The van der Waals surface area contributed by atoms with Gasteiger partial charge in [-0.2, -0.15) is 5.26 Å². The fourth-order valence-corrected chi connectivity index (χ4v) is 5.47. The zero-order valence-electron chi connectivity index (χ0n) is 16.5. The summed E-state index contributed by atoms with van der Waals surface area (Å²) >= 11 is 6.48. The number of nitrogens with two attached hydrogens (primary N) is 2. The summed E-state index contributed by atoms with van der Waals surface area (Å²) in [6.07, 6.45) is 7.63. The van der Waals surface area contributed by atoms with Gasteiger partial charge in [0.2, 0.25) is 10.0 Å². The standard InChI is InChI=1S/C21H22ClN5O2S/c1-12-6-20-16(7-13(12)8-23)18(17-9-26-10-19(24)21(17)22)11-27(20)14-2-4-15(5-3-14)30(25,28)29/h6-7,9-11,14-15H,2-5,24H2,1H3,(H2,25,28,29). The highest BCUT2D eigenvalue weighted by atomic mass is 35.5. The molecule has 1 aromatic carbocycles. The minimum absolute atomic E-state index is 0.124. The van der Waals surface area contributed by atoms with Gasteiger partial charge < -0.3 is 10.3 Å². The molecule has 2 aromatic heterocycles. The molecule has 7 nitrogen and oxygen atoms in total. The van der Waals surface area contributed by atoms with Crippen LogP contribution in [0.1, 0.15) is 42.9 Å². The van der Waals surface area contributed by atoms with Crippen molar-refractivity contribution >= 4 is 38.2 Å². The van der Waals surface area contributed by atoms with Gasteiger partial charge in [0.15, 0.2) is 0 Å². The van der Waals surface area contributed by atoms with Gasteiger partial charge in [-0.25, -0.2) is 13.6 Å². The van der Waals surface area contributed by atoms with Crippen LogP contribution in [-0.2, 0) is 10.0 Å². The van der Waals surface area contributed by atoms with Crippen molar-refractivity contribution in [2.75, 3.05) is 5.73 Å². The number of aromatic nitrogens is 2. The molecule has 3 aromatic rings. The lowest BCUT2D eigenvalue weighted by atomic mass is 9.94. The summed E-state index contributed by atoms with van der Waals surface area (Å²) < 4.78 is 25.6. The molecule has 0 amide bonds. The van der Waals surface area contributed by atoms with Gasteiger partial charge in [0, 0.05) is 40.5 Å². The summed E-state index contributed by atoms with van der Waals surface area (Å²) in [4.78, 5) is 4.18. The molecule has 0 bridgehead atoms. The van der Waals surface area contributed by atoms with Crippen molar-refractivity contribution in [1.82, 2.24) is 9.55 Å². The lowest BCUT2D eigenvalue weighted by Crippen LogP contribution is -2.32. The third-order valence-electron chi connectivity index (χ3n) is 6.00. The van der Waals surface area contributed by atoms with Gasteiger partial charge in [-0.1, -0.05) is 11.6 Å². The van der Waals surface area contributed by atoms with Crippen LogP contribution in [0.2, 0.25) is 5.02 Å². The fourth-order valence-electron chi connectivity index (χ4n) is 4.34. The number of aryl methyl sites for hydroxylation is 1. The van der Waals surface area contributed by atoms with E-state index in [0.717, 1.165) is 22.0 Å². The van der Waals surface area contributed by atoms with Gasteiger partial charge in [-0.15, -0.1) is 0 Å². The summed E-state index contributed by atoms with van der Waals surface area (Å²) in [5.74, 6) is 0. The molecular weight excluding hydrogens is 422 g/mol. The monoisotopic (exact) mass is 443 g/mol. The van der Waals surface area contributed by atoms with E-state index in [4.69, 9.17) is 22.5 Å². The lowest BCUT2D eigenvalue weighted by molar-refractivity contribution is 0.359. The van der Waals surface area contributed by atoms with E-state index < -0.39 is 15.3 Å². The molecular formula is C21H22ClN5O2S. The lowest BCUT2D eigenvalue weighted by Gasteiger charge is -2.29. The van der Waals surface area contributed by atoms with E-state index in [9.17, 15) is 13.7 Å². The Morgan fingerprint density at radius 1 is 1.20 bits per heavy atom. The first-order valence-electron chi connectivity index (χ1n) is 9.67. The number of benzene rings is 1. The summed E-state index contributed by atoms with van der Waals surface area (Å²) in [7, 11) is -3.52. The SMILES string of the molecule is Cc1cc2c(cc1C#N)c(-c1cncc(N)c1Cl)cn2C1CCC(S(N)(=O)=O)CC1. The largest absolute Gasteiger partial charge is 0.396 e. The molecule has 1 fully saturated rings. The van der Waals surface area contributed by atoms with Crippen molar-refractivity contribution in [1.29, 1.82) is 5.26 Å². The van der Waals surface area contributed by atoms with Crippen LogP contribution in [0.15, 0.2) is 30.7 Å². The van der Waals surface area contributed by atoms with Crippen molar-refractivity contribution < 1.29 is 8.42 Å². The second-order valence-electron chi connectivity index (χ2n) is 7.86. The normalized spacial score (nSPS) is 19.7. The number of rotatable bonds is 3. The van der Waals surface area contributed by atoms with Crippen LogP contribution in [-0.4, -0.2) is 23.2 Å². The van der Waals surface area contributed by atoms with Gasteiger partial charge in [0.25, 0.3) is 0 Å². The summed E-state index contributed by atoms with van der Waals surface area (Å²) in [5, 5.41) is 15.7. The molecule has 0 atom stereocenters. The molecule has 1 aliphatic rings. The van der Waals surface area contributed by atoms with E-state index >= 15 is 0 Å². The molecule has 4 rings (SSSR count). The van der Waals surface area contributed by atoms with Crippen LogP contribution in [0.25, 0.3) is 22.0 Å². The van der Waals surface area contributed by atoms with Crippen LogP contribution < -0.4 is 10.9 Å².